The molecular formula is C19H20. The Kier molecular flexibility index (Phi) is 2.69. The van der Waals surface area contributed by atoms with Gasteiger partial charge < -0.3 is 0 Å². The predicted octanol–water partition coefficient (Wildman–Crippen LogP) is 4.92. The molecule has 2 aromatic carbocycles. The number of benzene rings is 2. The van der Waals surface area contributed by atoms with E-state index in [1.807, 2.05) is 0 Å². The molecule has 2 aliphatic carbocycles. The van der Waals surface area contributed by atoms with E-state index in [-0.39, 0.29) is 0 Å². The lowest BCUT2D eigenvalue weighted by atomic mass is 9.87. The smallest absolute Gasteiger partial charge is 0.00133 e. The molecule has 0 atom stereocenters. The molecule has 2 aromatic rings. The van der Waals surface area contributed by atoms with Crippen LogP contribution in [0.1, 0.15) is 47.9 Å². The van der Waals surface area contributed by atoms with Crippen LogP contribution >= 0.6 is 0 Å². The Labute approximate surface area is 115 Å². The van der Waals surface area contributed by atoms with Crippen molar-refractivity contribution >= 4 is 0 Å². The number of hydrogen-bond acceptors (Lipinski definition) is 0. The second-order valence-corrected chi connectivity index (χ2v) is 5.99. The summed E-state index contributed by atoms with van der Waals surface area (Å²) in [5, 5.41) is 0. The van der Waals surface area contributed by atoms with Gasteiger partial charge in [0, 0.05) is 0 Å². The minimum Gasteiger partial charge on any atom is -0.0619 e. The Morgan fingerprint density at radius 1 is 0.632 bits per heavy atom. The highest BCUT2D eigenvalue weighted by Gasteiger charge is 2.23. The number of hydrogen-bond donors (Lipinski definition) is 0. The van der Waals surface area contributed by atoms with Crippen LogP contribution in [0.4, 0.5) is 0 Å². The fraction of sp³-hybridized carbons (Fsp3) is 0.368. The van der Waals surface area contributed by atoms with Crippen LogP contribution in [0.25, 0.3) is 11.1 Å². The molecule has 19 heavy (non-hydrogen) atoms. The van der Waals surface area contributed by atoms with E-state index in [4.69, 9.17) is 0 Å². The van der Waals surface area contributed by atoms with Crippen LogP contribution < -0.4 is 0 Å². The van der Waals surface area contributed by atoms with E-state index in [1.54, 1.807) is 22.3 Å². The standard InChI is InChI=1S/C19H20/c1-2-4-9-17-14(7-3-1)11-12-16-13-15-8-5-6-10-18(15)19(16)17/h5-6,8,10-12H,1-4,7,9,13H2. The van der Waals surface area contributed by atoms with E-state index in [2.05, 4.69) is 36.4 Å². The molecule has 0 N–H and O–H groups in total. The average molecular weight is 248 g/mol. The van der Waals surface area contributed by atoms with Gasteiger partial charge in [0.1, 0.15) is 0 Å². The van der Waals surface area contributed by atoms with Crippen molar-refractivity contribution in [2.24, 2.45) is 0 Å². The van der Waals surface area contributed by atoms with Crippen LogP contribution in [-0.2, 0) is 19.3 Å². The molecule has 96 valence electrons. The van der Waals surface area contributed by atoms with Crippen molar-refractivity contribution in [2.75, 3.05) is 0 Å². The molecule has 4 rings (SSSR count). The highest BCUT2D eigenvalue weighted by atomic mass is 14.3. The normalized spacial score (nSPS) is 17.1. The molecule has 0 fully saturated rings. The van der Waals surface area contributed by atoms with Crippen molar-refractivity contribution in [2.45, 2.75) is 44.9 Å². The summed E-state index contributed by atoms with van der Waals surface area (Å²) in [6.45, 7) is 0. The molecule has 0 bridgehead atoms. The lowest BCUT2D eigenvalue weighted by Crippen LogP contribution is -2.02. The maximum absolute atomic E-state index is 2.41. The highest BCUT2D eigenvalue weighted by Crippen LogP contribution is 2.41. The monoisotopic (exact) mass is 248 g/mol. The number of aryl methyl sites for hydroxylation is 1. The Hall–Kier alpha value is -1.56. The minimum atomic E-state index is 1.14. The summed E-state index contributed by atoms with van der Waals surface area (Å²) in [5.74, 6) is 0. The van der Waals surface area contributed by atoms with Gasteiger partial charge >= 0.3 is 0 Å². The summed E-state index contributed by atoms with van der Waals surface area (Å²) in [5.41, 5.74) is 9.47. The summed E-state index contributed by atoms with van der Waals surface area (Å²) in [4.78, 5) is 0. The van der Waals surface area contributed by atoms with Gasteiger partial charge in [-0.25, -0.2) is 0 Å². The maximum Gasteiger partial charge on any atom is -0.00133 e. The zero-order chi connectivity index (χ0) is 12.7. The lowest BCUT2D eigenvalue weighted by Gasteiger charge is -2.18. The Balaban J connectivity index is 1.92. The van der Waals surface area contributed by atoms with Crippen molar-refractivity contribution in [3.05, 3.63) is 58.7 Å². The van der Waals surface area contributed by atoms with Crippen LogP contribution in [0.3, 0.4) is 0 Å². The van der Waals surface area contributed by atoms with E-state index < -0.39 is 0 Å². The maximum atomic E-state index is 2.41. The second-order valence-electron chi connectivity index (χ2n) is 5.99. The highest BCUT2D eigenvalue weighted by molar-refractivity contribution is 5.80. The van der Waals surface area contributed by atoms with Gasteiger partial charge in [0.25, 0.3) is 0 Å². The predicted molar refractivity (Wildman–Crippen MR) is 80.6 cm³/mol. The number of rotatable bonds is 0. The van der Waals surface area contributed by atoms with E-state index >= 15 is 0 Å². The van der Waals surface area contributed by atoms with Crippen molar-refractivity contribution in [1.82, 2.24) is 0 Å². The molecule has 0 aliphatic heterocycles. The van der Waals surface area contributed by atoms with Crippen LogP contribution in [0, 0.1) is 0 Å². The fourth-order valence-corrected chi connectivity index (χ4v) is 3.84. The zero-order valence-electron chi connectivity index (χ0n) is 11.4. The van der Waals surface area contributed by atoms with Crippen LogP contribution in [0.15, 0.2) is 36.4 Å². The van der Waals surface area contributed by atoms with Crippen molar-refractivity contribution in [3.63, 3.8) is 0 Å². The van der Waals surface area contributed by atoms with E-state index in [0.29, 0.717) is 0 Å². The van der Waals surface area contributed by atoms with Gasteiger partial charge in [-0.05, 0) is 65.5 Å². The summed E-state index contributed by atoms with van der Waals surface area (Å²) in [7, 11) is 0. The Morgan fingerprint density at radius 3 is 2.37 bits per heavy atom. The lowest BCUT2D eigenvalue weighted by molar-refractivity contribution is 0.617. The fourth-order valence-electron chi connectivity index (χ4n) is 3.84. The van der Waals surface area contributed by atoms with Gasteiger partial charge in [0.2, 0.25) is 0 Å². The number of fused-ring (bicyclic) bond motifs is 5. The Bertz CT molecular complexity index is 622. The summed E-state index contributed by atoms with van der Waals surface area (Å²) in [6, 6.07) is 13.8. The first kappa shape index (κ1) is 11.3. The summed E-state index contributed by atoms with van der Waals surface area (Å²) >= 11 is 0. The van der Waals surface area contributed by atoms with Gasteiger partial charge in [-0.1, -0.05) is 49.2 Å². The van der Waals surface area contributed by atoms with Gasteiger partial charge in [-0.15, -0.1) is 0 Å². The van der Waals surface area contributed by atoms with E-state index in [0.717, 1.165) is 6.42 Å². The van der Waals surface area contributed by atoms with Gasteiger partial charge in [0.05, 0.1) is 0 Å². The van der Waals surface area contributed by atoms with Crippen LogP contribution in [-0.4, -0.2) is 0 Å². The summed E-state index contributed by atoms with van der Waals surface area (Å²) < 4.78 is 0. The molecular weight excluding hydrogens is 228 g/mol. The van der Waals surface area contributed by atoms with Gasteiger partial charge in [-0.2, -0.15) is 0 Å². The van der Waals surface area contributed by atoms with Crippen LogP contribution in [0.2, 0.25) is 0 Å². The second kappa shape index (κ2) is 4.52. The molecule has 0 nitrogen and oxygen atoms in total. The van der Waals surface area contributed by atoms with Crippen molar-refractivity contribution in [1.29, 1.82) is 0 Å². The van der Waals surface area contributed by atoms with E-state index in [9.17, 15) is 0 Å². The molecule has 0 unspecified atom stereocenters. The topological polar surface area (TPSA) is 0 Å². The minimum absolute atomic E-state index is 1.14. The molecule has 0 saturated carbocycles. The molecule has 0 aromatic heterocycles. The molecule has 0 radical (unpaired) electrons. The van der Waals surface area contributed by atoms with Crippen molar-refractivity contribution < 1.29 is 0 Å². The molecule has 0 heterocycles. The largest absolute Gasteiger partial charge is 0.0619 e. The first-order valence-electron chi connectivity index (χ1n) is 7.65. The zero-order valence-corrected chi connectivity index (χ0v) is 11.4. The first-order chi connectivity index (χ1) is 9.43. The third-order valence-electron chi connectivity index (χ3n) is 4.79. The first-order valence-corrected chi connectivity index (χ1v) is 7.65. The quantitative estimate of drug-likeness (QED) is 0.530. The van der Waals surface area contributed by atoms with Crippen LogP contribution in [0.5, 0.6) is 0 Å². The molecule has 0 amide bonds. The third kappa shape index (κ3) is 1.82. The van der Waals surface area contributed by atoms with Gasteiger partial charge in [0.15, 0.2) is 0 Å². The average Bonchev–Trinajstić information content (AvgIpc) is 2.77. The van der Waals surface area contributed by atoms with E-state index in [1.165, 1.54) is 49.7 Å². The SMILES string of the molecule is c1ccc2c(c1)Cc1ccc3c(c1-2)CCCCCC3. The molecule has 0 spiro atoms. The molecule has 0 saturated heterocycles. The third-order valence-corrected chi connectivity index (χ3v) is 4.79. The van der Waals surface area contributed by atoms with Crippen molar-refractivity contribution in [3.8, 4) is 11.1 Å². The Morgan fingerprint density at radius 2 is 1.42 bits per heavy atom. The molecule has 0 heteroatoms. The summed E-state index contributed by atoms with van der Waals surface area (Å²) in [6.07, 6.45) is 9.26. The molecule has 2 aliphatic rings. The van der Waals surface area contributed by atoms with Gasteiger partial charge in [-0.3, -0.25) is 0 Å².